The van der Waals surface area contributed by atoms with E-state index in [-0.39, 0.29) is 0 Å². The summed E-state index contributed by atoms with van der Waals surface area (Å²) in [6.07, 6.45) is 3.31. The van der Waals surface area contributed by atoms with Crippen molar-refractivity contribution in [2.24, 2.45) is 5.73 Å². The summed E-state index contributed by atoms with van der Waals surface area (Å²) in [5, 5.41) is 2.98. The summed E-state index contributed by atoms with van der Waals surface area (Å²) in [6.45, 7) is 3.87. The standard InChI is InChI=1S/C9H14N4O/c1-9(2,8(10)14)13-6-7-11-4-3-5-12-7/h3-5,13H,6H2,1-2H3,(H2,10,14). The minimum atomic E-state index is -0.737. The van der Waals surface area contributed by atoms with Crippen LogP contribution in [0.1, 0.15) is 19.7 Å². The predicted octanol–water partition coefficient (Wildman–Crippen LogP) is -0.170. The zero-order chi connectivity index (χ0) is 10.6. The van der Waals surface area contributed by atoms with E-state index in [9.17, 15) is 4.79 Å². The van der Waals surface area contributed by atoms with Gasteiger partial charge in [0.15, 0.2) is 0 Å². The largest absolute Gasteiger partial charge is 0.368 e. The lowest BCUT2D eigenvalue weighted by Gasteiger charge is -2.21. The van der Waals surface area contributed by atoms with Crippen LogP contribution in [0.3, 0.4) is 0 Å². The minimum absolute atomic E-state index is 0.395. The minimum Gasteiger partial charge on any atom is -0.368 e. The van der Waals surface area contributed by atoms with Gasteiger partial charge in [-0.3, -0.25) is 10.1 Å². The number of aromatic nitrogens is 2. The molecule has 14 heavy (non-hydrogen) atoms. The first kappa shape index (κ1) is 10.6. The molecule has 0 saturated carbocycles. The van der Waals surface area contributed by atoms with E-state index in [2.05, 4.69) is 15.3 Å². The molecule has 1 heterocycles. The number of nitrogens with zero attached hydrogens (tertiary/aromatic N) is 2. The number of primary amides is 1. The van der Waals surface area contributed by atoms with Crippen LogP contribution in [0.4, 0.5) is 0 Å². The third-order valence-electron chi connectivity index (χ3n) is 1.92. The van der Waals surface area contributed by atoms with Gasteiger partial charge < -0.3 is 5.73 Å². The number of hydrogen-bond acceptors (Lipinski definition) is 4. The van der Waals surface area contributed by atoms with Crippen molar-refractivity contribution in [3.8, 4) is 0 Å². The third-order valence-corrected chi connectivity index (χ3v) is 1.92. The number of carbonyl (C=O) groups excluding carboxylic acids is 1. The summed E-state index contributed by atoms with van der Waals surface area (Å²) in [5.41, 5.74) is 4.46. The van der Waals surface area contributed by atoms with Gasteiger partial charge in [-0.05, 0) is 19.9 Å². The van der Waals surface area contributed by atoms with E-state index in [0.29, 0.717) is 12.4 Å². The van der Waals surface area contributed by atoms with E-state index < -0.39 is 11.4 Å². The monoisotopic (exact) mass is 194 g/mol. The second kappa shape index (κ2) is 4.15. The van der Waals surface area contributed by atoms with E-state index in [1.807, 2.05) is 0 Å². The van der Waals surface area contributed by atoms with Gasteiger partial charge in [0.2, 0.25) is 5.91 Å². The Morgan fingerprint density at radius 1 is 1.50 bits per heavy atom. The van der Waals surface area contributed by atoms with Crippen LogP contribution in [-0.4, -0.2) is 21.4 Å². The first-order valence-electron chi connectivity index (χ1n) is 4.33. The van der Waals surface area contributed by atoms with Crippen molar-refractivity contribution in [2.45, 2.75) is 25.9 Å². The highest BCUT2D eigenvalue weighted by molar-refractivity contribution is 5.83. The highest BCUT2D eigenvalue weighted by Gasteiger charge is 2.23. The topological polar surface area (TPSA) is 80.9 Å². The number of hydrogen-bond donors (Lipinski definition) is 2. The molecule has 0 aliphatic carbocycles. The Morgan fingerprint density at radius 2 is 2.07 bits per heavy atom. The van der Waals surface area contributed by atoms with Crippen molar-refractivity contribution < 1.29 is 4.79 Å². The fourth-order valence-corrected chi connectivity index (χ4v) is 0.808. The maximum Gasteiger partial charge on any atom is 0.237 e. The average Bonchev–Trinajstić information content (AvgIpc) is 2.16. The Balaban J connectivity index is 2.53. The first-order chi connectivity index (χ1) is 6.52. The van der Waals surface area contributed by atoms with Gasteiger partial charge in [-0.15, -0.1) is 0 Å². The van der Waals surface area contributed by atoms with E-state index in [0.717, 1.165) is 0 Å². The lowest BCUT2D eigenvalue weighted by Crippen LogP contribution is -2.50. The van der Waals surface area contributed by atoms with Gasteiger partial charge in [0.05, 0.1) is 12.1 Å². The summed E-state index contributed by atoms with van der Waals surface area (Å²) < 4.78 is 0. The average molecular weight is 194 g/mol. The van der Waals surface area contributed by atoms with Gasteiger partial charge in [-0.25, -0.2) is 9.97 Å². The maximum atomic E-state index is 11.0. The van der Waals surface area contributed by atoms with Crippen LogP contribution in [0.5, 0.6) is 0 Å². The van der Waals surface area contributed by atoms with Crippen molar-refractivity contribution in [2.75, 3.05) is 0 Å². The third kappa shape index (κ3) is 2.77. The Labute approximate surface area is 82.7 Å². The molecule has 0 aliphatic heterocycles. The molecular formula is C9H14N4O. The van der Waals surface area contributed by atoms with Gasteiger partial charge in [0.25, 0.3) is 0 Å². The van der Waals surface area contributed by atoms with Gasteiger partial charge in [-0.2, -0.15) is 0 Å². The van der Waals surface area contributed by atoms with Crippen molar-refractivity contribution >= 4 is 5.91 Å². The van der Waals surface area contributed by atoms with Crippen molar-refractivity contribution in [3.05, 3.63) is 24.3 Å². The quantitative estimate of drug-likeness (QED) is 0.697. The molecule has 0 radical (unpaired) electrons. The number of carbonyl (C=O) groups is 1. The molecule has 76 valence electrons. The molecule has 1 aromatic heterocycles. The number of rotatable bonds is 4. The zero-order valence-corrected chi connectivity index (χ0v) is 8.32. The SMILES string of the molecule is CC(C)(NCc1ncccn1)C(N)=O. The molecule has 5 heteroatoms. The van der Waals surface area contributed by atoms with Crippen LogP contribution < -0.4 is 11.1 Å². The summed E-state index contributed by atoms with van der Waals surface area (Å²) in [4.78, 5) is 19.0. The number of nitrogens with one attached hydrogen (secondary N) is 1. The predicted molar refractivity (Wildman–Crippen MR) is 52.1 cm³/mol. The number of nitrogens with two attached hydrogens (primary N) is 1. The van der Waals surface area contributed by atoms with E-state index >= 15 is 0 Å². The molecule has 0 saturated heterocycles. The van der Waals surface area contributed by atoms with Crippen molar-refractivity contribution in [1.82, 2.24) is 15.3 Å². The smallest absolute Gasteiger partial charge is 0.237 e. The second-order valence-corrected chi connectivity index (χ2v) is 3.51. The summed E-state index contributed by atoms with van der Waals surface area (Å²) >= 11 is 0. The van der Waals surface area contributed by atoms with Crippen LogP contribution in [0.25, 0.3) is 0 Å². The van der Waals surface area contributed by atoms with Crippen LogP contribution in [0, 0.1) is 0 Å². The lowest BCUT2D eigenvalue weighted by molar-refractivity contribution is -0.123. The Kier molecular flexibility index (Phi) is 3.14. The van der Waals surface area contributed by atoms with Gasteiger partial charge in [0, 0.05) is 12.4 Å². The van der Waals surface area contributed by atoms with Crippen LogP contribution >= 0.6 is 0 Å². The molecule has 1 rings (SSSR count). The van der Waals surface area contributed by atoms with Crippen LogP contribution in [0.2, 0.25) is 0 Å². The lowest BCUT2D eigenvalue weighted by atomic mass is 10.1. The molecule has 0 unspecified atom stereocenters. The highest BCUT2D eigenvalue weighted by atomic mass is 16.1. The summed E-state index contributed by atoms with van der Waals surface area (Å²) in [7, 11) is 0. The van der Waals surface area contributed by atoms with Gasteiger partial charge in [-0.1, -0.05) is 0 Å². The first-order valence-corrected chi connectivity index (χ1v) is 4.33. The Bertz CT molecular complexity index is 310. The molecule has 0 atom stereocenters. The molecule has 0 spiro atoms. The zero-order valence-electron chi connectivity index (χ0n) is 8.32. The molecule has 0 bridgehead atoms. The number of amides is 1. The molecule has 0 aromatic carbocycles. The Morgan fingerprint density at radius 3 is 2.57 bits per heavy atom. The molecule has 0 aliphatic rings. The normalized spacial score (nSPS) is 11.3. The van der Waals surface area contributed by atoms with E-state index in [4.69, 9.17) is 5.73 Å². The highest BCUT2D eigenvalue weighted by Crippen LogP contribution is 2.01. The molecule has 1 aromatic rings. The van der Waals surface area contributed by atoms with Gasteiger partial charge in [0.1, 0.15) is 5.82 Å². The fraction of sp³-hybridized carbons (Fsp3) is 0.444. The molecule has 5 nitrogen and oxygen atoms in total. The summed E-state index contributed by atoms with van der Waals surface area (Å²) in [6, 6.07) is 1.74. The molecule has 0 fully saturated rings. The molecule has 3 N–H and O–H groups in total. The maximum absolute atomic E-state index is 11.0. The molecular weight excluding hydrogens is 180 g/mol. The molecule has 1 amide bonds. The van der Waals surface area contributed by atoms with E-state index in [1.54, 1.807) is 32.3 Å². The Hall–Kier alpha value is -1.49. The van der Waals surface area contributed by atoms with Crippen LogP contribution in [-0.2, 0) is 11.3 Å². The van der Waals surface area contributed by atoms with Crippen molar-refractivity contribution in [3.63, 3.8) is 0 Å². The van der Waals surface area contributed by atoms with Crippen LogP contribution in [0.15, 0.2) is 18.5 Å². The fourth-order valence-electron chi connectivity index (χ4n) is 0.808. The van der Waals surface area contributed by atoms with Gasteiger partial charge >= 0.3 is 0 Å². The van der Waals surface area contributed by atoms with E-state index in [1.165, 1.54) is 0 Å². The van der Waals surface area contributed by atoms with Crippen molar-refractivity contribution in [1.29, 1.82) is 0 Å². The second-order valence-electron chi connectivity index (χ2n) is 3.51. The summed E-state index contributed by atoms with van der Waals surface area (Å²) in [5.74, 6) is 0.246.